The molecule has 0 unspecified atom stereocenters. The van der Waals surface area contributed by atoms with Gasteiger partial charge in [-0.05, 0) is 25.1 Å². The topological polar surface area (TPSA) is 99.0 Å². The molecule has 7 nitrogen and oxygen atoms in total. The van der Waals surface area contributed by atoms with Crippen LogP contribution < -0.4 is 11.1 Å². The number of benzene rings is 1. The monoisotopic (exact) mass is 313 g/mol. The second kappa shape index (κ2) is 6.21. The Bertz CT molecular complexity index is 849. The van der Waals surface area contributed by atoms with E-state index in [1.165, 1.54) is 6.26 Å². The van der Waals surface area contributed by atoms with E-state index in [1.54, 1.807) is 0 Å². The molecule has 0 atom stereocenters. The number of nitrogens with two attached hydrogens (primary N) is 1. The normalized spacial score (nSPS) is 11.1. The Balaban J connectivity index is 1.87. The van der Waals surface area contributed by atoms with Crippen molar-refractivity contribution >= 4 is 22.6 Å². The Morgan fingerprint density at radius 1 is 1.35 bits per heavy atom. The molecule has 0 bridgehead atoms. The van der Waals surface area contributed by atoms with Crippen LogP contribution in [0.4, 0.5) is 5.69 Å². The second-order valence-corrected chi connectivity index (χ2v) is 5.11. The highest BCUT2D eigenvalue weighted by molar-refractivity contribution is 6.03. The lowest BCUT2D eigenvalue weighted by Gasteiger charge is -2.05. The third-order valence-electron chi connectivity index (χ3n) is 3.68. The van der Waals surface area contributed by atoms with Crippen LogP contribution in [0.15, 0.2) is 28.9 Å². The Morgan fingerprint density at radius 2 is 2.17 bits per heavy atom. The first kappa shape index (κ1) is 15.2. The molecule has 3 N–H and O–H groups in total. The standard InChI is InChI=1S/C16H19N5O2/c1-3-14-19-11-7-10(5-6-13(11)21(14)4-2)18-16(22)12-9-23-15(8-17)20-12/h5-7,9H,3-4,8,17H2,1-2H3,(H,18,22). The summed E-state index contributed by atoms with van der Waals surface area (Å²) in [6, 6.07) is 5.69. The van der Waals surface area contributed by atoms with Crippen LogP contribution in [0.2, 0.25) is 0 Å². The van der Waals surface area contributed by atoms with Gasteiger partial charge in [-0.2, -0.15) is 0 Å². The first-order chi connectivity index (χ1) is 11.2. The van der Waals surface area contributed by atoms with Crippen LogP contribution in [0.1, 0.15) is 36.1 Å². The molecule has 2 aromatic heterocycles. The summed E-state index contributed by atoms with van der Waals surface area (Å²) in [6.07, 6.45) is 2.17. The molecule has 23 heavy (non-hydrogen) atoms. The zero-order chi connectivity index (χ0) is 16.4. The number of oxazole rings is 1. The molecule has 0 saturated carbocycles. The molecule has 3 aromatic rings. The van der Waals surface area contributed by atoms with Gasteiger partial charge in [-0.25, -0.2) is 9.97 Å². The maximum Gasteiger partial charge on any atom is 0.277 e. The summed E-state index contributed by atoms with van der Waals surface area (Å²) in [7, 11) is 0. The molecule has 0 aliphatic rings. The molecule has 0 saturated heterocycles. The summed E-state index contributed by atoms with van der Waals surface area (Å²) in [4.78, 5) is 20.8. The van der Waals surface area contributed by atoms with Crippen molar-refractivity contribution in [1.82, 2.24) is 14.5 Å². The Hall–Kier alpha value is -2.67. The quantitative estimate of drug-likeness (QED) is 0.753. The van der Waals surface area contributed by atoms with E-state index in [2.05, 4.69) is 33.7 Å². The van der Waals surface area contributed by atoms with Crippen LogP contribution in [-0.4, -0.2) is 20.4 Å². The summed E-state index contributed by atoms with van der Waals surface area (Å²) >= 11 is 0. The molecular weight excluding hydrogens is 294 g/mol. The van der Waals surface area contributed by atoms with E-state index in [0.717, 1.165) is 29.8 Å². The molecule has 0 aliphatic carbocycles. The van der Waals surface area contributed by atoms with E-state index in [9.17, 15) is 4.79 Å². The molecule has 3 rings (SSSR count). The summed E-state index contributed by atoms with van der Waals surface area (Å²) < 4.78 is 7.25. The number of hydrogen-bond donors (Lipinski definition) is 2. The van der Waals surface area contributed by atoms with Gasteiger partial charge in [0.1, 0.15) is 12.1 Å². The molecule has 120 valence electrons. The second-order valence-electron chi connectivity index (χ2n) is 5.11. The van der Waals surface area contributed by atoms with E-state index >= 15 is 0 Å². The van der Waals surface area contributed by atoms with Crippen LogP contribution in [0.25, 0.3) is 11.0 Å². The highest BCUT2D eigenvalue weighted by Gasteiger charge is 2.13. The summed E-state index contributed by atoms with van der Waals surface area (Å²) in [6.45, 7) is 5.20. The number of imidazole rings is 1. The van der Waals surface area contributed by atoms with E-state index in [4.69, 9.17) is 10.2 Å². The number of carbonyl (C=O) groups excluding carboxylic acids is 1. The number of amides is 1. The summed E-state index contributed by atoms with van der Waals surface area (Å²) in [5, 5.41) is 2.80. The molecule has 0 spiro atoms. The zero-order valence-electron chi connectivity index (χ0n) is 13.2. The molecule has 1 aromatic carbocycles. The maximum atomic E-state index is 12.2. The third kappa shape index (κ3) is 2.83. The molecule has 0 radical (unpaired) electrons. The molecule has 1 amide bonds. The van der Waals surface area contributed by atoms with Crippen molar-refractivity contribution in [2.45, 2.75) is 33.4 Å². The molecule has 0 fully saturated rings. The molecule has 7 heteroatoms. The van der Waals surface area contributed by atoms with Gasteiger partial charge in [0.05, 0.1) is 17.6 Å². The average molecular weight is 313 g/mol. The van der Waals surface area contributed by atoms with Crippen LogP contribution in [-0.2, 0) is 19.5 Å². The predicted molar refractivity (Wildman–Crippen MR) is 87.1 cm³/mol. The lowest BCUT2D eigenvalue weighted by molar-refractivity contribution is 0.102. The van der Waals surface area contributed by atoms with Crippen molar-refractivity contribution in [3.63, 3.8) is 0 Å². The highest BCUT2D eigenvalue weighted by Crippen LogP contribution is 2.21. The highest BCUT2D eigenvalue weighted by atomic mass is 16.3. The van der Waals surface area contributed by atoms with Crippen molar-refractivity contribution in [1.29, 1.82) is 0 Å². The smallest absolute Gasteiger partial charge is 0.277 e. The Kier molecular flexibility index (Phi) is 4.12. The fourth-order valence-corrected chi connectivity index (χ4v) is 2.58. The van der Waals surface area contributed by atoms with E-state index in [0.29, 0.717) is 11.6 Å². The van der Waals surface area contributed by atoms with Gasteiger partial charge in [0, 0.05) is 18.7 Å². The number of anilines is 1. The van der Waals surface area contributed by atoms with Crippen molar-refractivity contribution in [2.24, 2.45) is 5.73 Å². The number of nitrogens with zero attached hydrogens (tertiary/aromatic N) is 3. The molecule has 2 heterocycles. The lowest BCUT2D eigenvalue weighted by Crippen LogP contribution is -2.12. The van der Waals surface area contributed by atoms with Crippen LogP contribution >= 0.6 is 0 Å². The minimum Gasteiger partial charge on any atom is -0.447 e. The maximum absolute atomic E-state index is 12.2. The van der Waals surface area contributed by atoms with Gasteiger partial charge in [-0.1, -0.05) is 6.92 Å². The van der Waals surface area contributed by atoms with Crippen LogP contribution in [0.3, 0.4) is 0 Å². The van der Waals surface area contributed by atoms with Crippen LogP contribution in [0.5, 0.6) is 0 Å². The first-order valence-electron chi connectivity index (χ1n) is 7.61. The number of fused-ring (bicyclic) bond motifs is 1. The lowest BCUT2D eigenvalue weighted by atomic mass is 10.2. The van der Waals surface area contributed by atoms with Crippen LogP contribution in [0, 0.1) is 0 Å². The van der Waals surface area contributed by atoms with Crippen molar-refractivity contribution < 1.29 is 9.21 Å². The predicted octanol–water partition coefficient (Wildman–Crippen LogP) is 2.32. The van der Waals surface area contributed by atoms with Crippen molar-refractivity contribution in [3.05, 3.63) is 41.9 Å². The van der Waals surface area contributed by atoms with E-state index < -0.39 is 0 Å². The summed E-state index contributed by atoms with van der Waals surface area (Å²) in [5.41, 5.74) is 8.23. The Morgan fingerprint density at radius 3 is 2.83 bits per heavy atom. The first-order valence-corrected chi connectivity index (χ1v) is 7.61. The third-order valence-corrected chi connectivity index (χ3v) is 3.68. The Labute approximate surface area is 133 Å². The number of aryl methyl sites for hydroxylation is 2. The number of nitrogens with one attached hydrogen (secondary N) is 1. The largest absolute Gasteiger partial charge is 0.447 e. The fourth-order valence-electron chi connectivity index (χ4n) is 2.58. The van der Waals surface area contributed by atoms with Gasteiger partial charge in [0.15, 0.2) is 5.69 Å². The zero-order valence-corrected chi connectivity index (χ0v) is 13.2. The average Bonchev–Trinajstić information content (AvgIpc) is 3.18. The van der Waals surface area contributed by atoms with Gasteiger partial charge in [0.25, 0.3) is 5.91 Å². The van der Waals surface area contributed by atoms with E-state index in [1.807, 2.05) is 18.2 Å². The molecule has 0 aliphatic heterocycles. The van der Waals surface area contributed by atoms with Gasteiger partial charge in [-0.15, -0.1) is 0 Å². The van der Waals surface area contributed by atoms with E-state index in [-0.39, 0.29) is 18.1 Å². The number of rotatable bonds is 5. The van der Waals surface area contributed by atoms with Crippen molar-refractivity contribution in [3.8, 4) is 0 Å². The van der Waals surface area contributed by atoms with Gasteiger partial charge >= 0.3 is 0 Å². The van der Waals surface area contributed by atoms with Gasteiger partial charge < -0.3 is 20.0 Å². The van der Waals surface area contributed by atoms with Gasteiger partial charge in [-0.3, -0.25) is 4.79 Å². The number of hydrogen-bond acceptors (Lipinski definition) is 5. The van der Waals surface area contributed by atoms with Crippen molar-refractivity contribution in [2.75, 3.05) is 5.32 Å². The fraction of sp³-hybridized carbons (Fsp3) is 0.312. The number of carbonyl (C=O) groups is 1. The minimum absolute atomic E-state index is 0.160. The van der Waals surface area contributed by atoms with Gasteiger partial charge in [0.2, 0.25) is 5.89 Å². The summed E-state index contributed by atoms with van der Waals surface area (Å²) in [5.74, 6) is 1.04. The minimum atomic E-state index is -0.335. The number of aromatic nitrogens is 3. The molecular formula is C16H19N5O2. The SMILES string of the molecule is CCc1nc2cc(NC(=O)c3coc(CN)n3)ccc2n1CC.